The number of aromatic amines is 1. The summed E-state index contributed by atoms with van der Waals surface area (Å²) in [7, 11) is -3.67. The molecule has 1 aliphatic rings. The van der Waals surface area contributed by atoms with E-state index in [1.807, 2.05) is 36.4 Å². The highest BCUT2D eigenvalue weighted by atomic mass is 35.5. The molecule has 0 aliphatic carbocycles. The van der Waals surface area contributed by atoms with E-state index in [4.69, 9.17) is 11.6 Å². The summed E-state index contributed by atoms with van der Waals surface area (Å²) < 4.78 is 27.5. The number of piperidine rings is 1. The molecule has 0 spiro atoms. The van der Waals surface area contributed by atoms with Crippen LogP contribution in [-0.4, -0.2) is 41.7 Å². The monoisotopic (exact) mass is 494 g/mol. The molecule has 1 amide bonds. The fraction of sp³-hybridized carbons (Fsp3) is 0.200. The van der Waals surface area contributed by atoms with Crippen LogP contribution in [0.3, 0.4) is 0 Å². The van der Waals surface area contributed by atoms with E-state index in [0.29, 0.717) is 18.8 Å². The van der Waals surface area contributed by atoms with Crippen LogP contribution in [0.1, 0.15) is 29.6 Å². The normalized spacial score (nSPS) is 14.9. The van der Waals surface area contributed by atoms with E-state index in [9.17, 15) is 13.2 Å². The molecule has 0 radical (unpaired) electrons. The van der Waals surface area contributed by atoms with Gasteiger partial charge >= 0.3 is 0 Å². The van der Waals surface area contributed by atoms with Crippen molar-refractivity contribution in [3.05, 3.63) is 77.3 Å². The number of aromatic nitrogens is 2. The molecule has 7 nitrogen and oxygen atoms in total. The van der Waals surface area contributed by atoms with Crippen LogP contribution in [-0.2, 0) is 10.0 Å². The van der Waals surface area contributed by atoms with Gasteiger partial charge < -0.3 is 10.3 Å². The zero-order valence-electron chi connectivity index (χ0n) is 18.3. The van der Waals surface area contributed by atoms with Crippen LogP contribution in [0.2, 0.25) is 5.02 Å². The number of anilines is 1. The van der Waals surface area contributed by atoms with Crippen molar-refractivity contribution in [1.82, 2.24) is 14.3 Å². The van der Waals surface area contributed by atoms with Gasteiger partial charge in [-0.15, -0.1) is 0 Å². The molecule has 9 heteroatoms. The van der Waals surface area contributed by atoms with Crippen LogP contribution >= 0.6 is 11.6 Å². The van der Waals surface area contributed by atoms with Crippen molar-refractivity contribution < 1.29 is 13.2 Å². The minimum Gasteiger partial charge on any atom is -0.338 e. The molecular formula is C25H23ClN4O3S. The maximum atomic E-state index is 13.0. The van der Waals surface area contributed by atoms with Gasteiger partial charge in [-0.2, -0.15) is 4.31 Å². The minimum atomic E-state index is -3.67. The van der Waals surface area contributed by atoms with Crippen LogP contribution in [0.4, 0.5) is 5.69 Å². The number of nitrogens with zero attached hydrogens (tertiary/aromatic N) is 2. The number of H-pyrrole nitrogens is 1. The number of para-hydroxylation sites is 2. The quantitative estimate of drug-likeness (QED) is 0.393. The van der Waals surface area contributed by atoms with E-state index >= 15 is 0 Å². The first-order chi connectivity index (χ1) is 16.4. The van der Waals surface area contributed by atoms with Gasteiger partial charge in [0.1, 0.15) is 5.82 Å². The van der Waals surface area contributed by atoms with Gasteiger partial charge in [-0.05, 0) is 67.4 Å². The average Bonchev–Trinajstić information content (AvgIpc) is 3.29. The van der Waals surface area contributed by atoms with E-state index in [1.54, 1.807) is 12.1 Å². The second kappa shape index (κ2) is 9.21. The SMILES string of the molecule is O=C(Nc1ccc(-c2nc3ccccc3[nH]2)cc1)c1cc(S(=O)(=O)N2CCCCC2)ccc1Cl. The van der Waals surface area contributed by atoms with E-state index in [0.717, 1.165) is 41.7 Å². The zero-order valence-corrected chi connectivity index (χ0v) is 19.9. The first kappa shape index (κ1) is 22.6. The summed E-state index contributed by atoms with van der Waals surface area (Å²) in [5.74, 6) is 0.259. The molecule has 1 aliphatic heterocycles. The number of sulfonamides is 1. The molecule has 1 saturated heterocycles. The van der Waals surface area contributed by atoms with Gasteiger partial charge in [0.25, 0.3) is 5.91 Å². The Kier molecular flexibility index (Phi) is 6.12. The third-order valence-corrected chi connectivity index (χ3v) is 8.17. The molecule has 2 N–H and O–H groups in total. The summed E-state index contributed by atoms with van der Waals surface area (Å²) in [5, 5.41) is 2.99. The Morgan fingerprint density at radius 1 is 0.971 bits per heavy atom. The molecule has 5 rings (SSSR count). The van der Waals surface area contributed by atoms with Gasteiger partial charge in [-0.1, -0.05) is 30.2 Å². The second-order valence-corrected chi connectivity index (χ2v) is 10.6. The molecule has 0 saturated carbocycles. The van der Waals surface area contributed by atoms with Crippen LogP contribution in [0.25, 0.3) is 22.4 Å². The Balaban J connectivity index is 1.35. The number of halogens is 1. The fourth-order valence-corrected chi connectivity index (χ4v) is 5.84. The van der Waals surface area contributed by atoms with Gasteiger partial charge in [0.2, 0.25) is 10.0 Å². The lowest BCUT2D eigenvalue weighted by Crippen LogP contribution is -2.35. The summed E-state index contributed by atoms with van der Waals surface area (Å²) >= 11 is 6.26. The molecule has 0 unspecified atom stereocenters. The second-order valence-electron chi connectivity index (χ2n) is 8.24. The Morgan fingerprint density at radius 2 is 1.71 bits per heavy atom. The number of nitrogens with one attached hydrogen (secondary N) is 2. The van der Waals surface area contributed by atoms with Crippen molar-refractivity contribution in [2.75, 3.05) is 18.4 Å². The number of fused-ring (bicyclic) bond motifs is 1. The Bertz CT molecular complexity index is 1430. The largest absolute Gasteiger partial charge is 0.338 e. The van der Waals surface area contributed by atoms with Crippen molar-refractivity contribution in [1.29, 1.82) is 0 Å². The highest BCUT2D eigenvalue weighted by Crippen LogP contribution is 2.27. The smallest absolute Gasteiger partial charge is 0.257 e. The molecule has 0 bridgehead atoms. The number of imidazole rings is 1. The summed E-state index contributed by atoms with van der Waals surface area (Å²) in [5.41, 5.74) is 3.38. The number of carbonyl (C=O) groups excluding carboxylic acids is 1. The maximum absolute atomic E-state index is 13.0. The Hall–Kier alpha value is -3.20. The predicted molar refractivity (Wildman–Crippen MR) is 134 cm³/mol. The van der Waals surface area contributed by atoms with E-state index in [2.05, 4.69) is 15.3 Å². The molecule has 1 aromatic heterocycles. The molecule has 34 heavy (non-hydrogen) atoms. The lowest BCUT2D eigenvalue weighted by atomic mass is 10.1. The number of hydrogen-bond acceptors (Lipinski definition) is 4. The first-order valence-corrected chi connectivity index (χ1v) is 12.9. The van der Waals surface area contributed by atoms with Crippen LogP contribution < -0.4 is 5.32 Å². The van der Waals surface area contributed by atoms with Gasteiger partial charge in [0.15, 0.2) is 0 Å². The number of benzene rings is 3. The molecular weight excluding hydrogens is 472 g/mol. The Labute approximate surface area is 202 Å². The van der Waals surface area contributed by atoms with E-state index < -0.39 is 15.9 Å². The summed E-state index contributed by atoms with van der Waals surface area (Å²) in [4.78, 5) is 20.9. The number of rotatable bonds is 5. The third-order valence-electron chi connectivity index (χ3n) is 5.94. The van der Waals surface area contributed by atoms with Crippen molar-refractivity contribution in [2.24, 2.45) is 0 Å². The van der Waals surface area contributed by atoms with Crippen molar-refractivity contribution in [3.63, 3.8) is 0 Å². The molecule has 174 valence electrons. The summed E-state index contributed by atoms with van der Waals surface area (Å²) in [6, 6.07) is 19.3. The van der Waals surface area contributed by atoms with E-state index in [-0.39, 0.29) is 15.5 Å². The molecule has 2 heterocycles. The lowest BCUT2D eigenvalue weighted by molar-refractivity contribution is 0.102. The molecule has 4 aromatic rings. The number of amides is 1. The standard InChI is InChI=1S/C25H23ClN4O3S/c26-21-13-12-19(34(32,33)30-14-4-1-5-15-30)16-20(21)25(31)27-18-10-8-17(9-11-18)24-28-22-6-2-3-7-23(22)29-24/h2-3,6-13,16H,1,4-5,14-15H2,(H,27,31)(H,28,29). The van der Waals surface area contributed by atoms with Crippen molar-refractivity contribution in [3.8, 4) is 11.4 Å². The molecule has 0 atom stereocenters. The predicted octanol–water partition coefficient (Wildman–Crippen LogP) is 5.31. The van der Waals surface area contributed by atoms with Gasteiger partial charge in [-0.25, -0.2) is 13.4 Å². The maximum Gasteiger partial charge on any atom is 0.257 e. The Morgan fingerprint density at radius 3 is 2.44 bits per heavy atom. The van der Waals surface area contributed by atoms with Gasteiger partial charge in [0, 0.05) is 24.3 Å². The van der Waals surface area contributed by atoms with Crippen LogP contribution in [0.15, 0.2) is 71.6 Å². The highest BCUT2D eigenvalue weighted by Gasteiger charge is 2.27. The van der Waals surface area contributed by atoms with Gasteiger partial charge in [-0.3, -0.25) is 4.79 Å². The topological polar surface area (TPSA) is 95.2 Å². The van der Waals surface area contributed by atoms with Crippen molar-refractivity contribution >= 4 is 44.3 Å². The molecule has 3 aromatic carbocycles. The molecule has 1 fully saturated rings. The van der Waals surface area contributed by atoms with E-state index in [1.165, 1.54) is 22.5 Å². The third kappa shape index (κ3) is 4.44. The summed E-state index contributed by atoms with van der Waals surface area (Å²) in [6.07, 6.45) is 2.70. The van der Waals surface area contributed by atoms with Crippen LogP contribution in [0.5, 0.6) is 0 Å². The lowest BCUT2D eigenvalue weighted by Gasteiger charge is -2.26. The van der Waals surface area contributed by atoms with Crippen molar-refractivity contribution in [2.45, 2.75) is 24.2 Å². The fourth-order valence-electron chi connectivity index (χ4n) is 4.09. The highest BCUT2D eigenvalue weighted by molar-refractivity contribution is 7.89. The summed E-state index contributed by atoms with van der Waals surface area (Å²) in [6.45, 7) is 0.980. The number of carbonyl (C=O) groups is 1. The van der Waals surface area contributed by atoms with Gasteiger partial charge in [0.05, 0.1) is 26.5 Å². The minimum absolute atomic E-state index is 0.0733. The van der Waals surface area contributed by atoms with Crippen LogP contribution in [0, 0.1) is 0 Å². The zero-order chi connectivity index (χ0) is 23.7. The number of hydrogen-bond donors (Lipinski definition) is 2. The first-order valence-electron chi connectivity index (χ1n) is 11.1. The average molecular weight is 495 g/mol.